The number of halogens is 3. The van der Waals surface area contributed by atoms with Crippen LogP contribution in [-0.2, 0) is 11.0 Å². The third-order valence-corrected chi connectivity index (χ3v) is 5.01. The fourth-order valence-electron chi connectivity index (χ4n) is 3.36. The molecule has 3 heterocycles. The van der Waals surface area contributed by atoms with Crippen molar-refractivity contribution in [3.05, 3.63) is 69.4 Å². The largest absolute Gasteiger partial charge is 0.417 e. The van der Waals surface area contributed by atoms with Crippen LogP contribution in [0.15, 0.2) is 41.3 Å². The van der Waals surface area contributed by atoms with E-state index in [0.29, 0.717) is 29.8 Å². The molecule has 0 unspecified atom stereocenters. The highest BCUT2D eigenvalue weighted by atomic mass is 19.4. The van der Waals surface area contributed by atoms with Crippen molar-refractivity contribution in [1.29, 1.82) is 0 Å². The van der Waals surface area contributed by atoms with Crippen LogP contribution in [-0.4, -0.2) is 21.9 Å². The fourth-order valence-corrected chi connectivity index (χ4v) is 3.36. The van der Waals surface area contributed by atoms with E-state index in [1.165, 1.54) is 6.07 Å². The number of aromatic nitrogens is 2. The van der Waals surface area contributed by atoms with Crippen LogP contribution in [0.2, 0.25) is 0 Å². The van der Waals surface area contributed by atoms with Gasteiger partial charge in [0.25, 0.3) is 5.56 Å². The molecule has 0 bridgehead atoms. The minimum Gasteiger partial charge on any atom is -0.350 e. The number of pyridine rings is 2. The predicted molar refractivity (Wildman–Crippen MR) is 96.5 cm³/mol. The average molecular weight is 389 g/mol. The Kier molecular flexibility index (Phi) is 4.56. The van der Waals surface area contributed by atoms with Crippen molar-refractivity contribution in [1.82, 2.24) is 15.3 Å². The zero-order valence-electron chi connectivity index (χ0n) is 14.8. The van der Waals surface area contributed by atoms with Crippen LogP contribution >= 0.6 is 0 Å². The monoisotopic (exact) mass is 389 g/mol. The molecule has 2 N–H and O–H groups in total. The van der Waals surface area contributed by atoms with Gasteiger partial charge in [-0.3, -0.25) is 14.6 Å². The molecule has 2 aliphatic rings. The molecular formula is C20H18F3N3O2. The molecule has 146 valence electrons. The summed E-state index contributed by atoms with van der Waals surface area (Å²) < 4.78 is 38.5. The summed E-state index contributed by atoms with van der Waals surface area (Å²) in [5, 5.41) is 2.80. The van der Waals surface area contributed by atoms with E-state index in [1.807, 2.05) is 0 Å². The molecule has 28 heavy (non-hydrogen) atoms. The minimum atomic E-state index is -4.48. The third kappa shape index (κ3) is 3.85. The molecule has 1 atom stereocenters. The van der Waals surface area contributed by atoms with Crippen LogP contribution in [0.5, 0.6) is 0 Å². The number of carbonyl (C=O) groups excluding carboxylic acids is 1. The first-order chi connectivity index (χ1) is 13.3. The van der Waals surface area contributed by atoms with E-state index in [2.05, 4.69) is 15.3 Å². The topological polar surface area (TPSA) is 74.8 Å². The van der Waals surface area contributed by atoms with Gasteiger partial charge >= 0.3 is 6.18 Å². The molecule has 1 saturated heterocycles. The maximum atomic E-state index is 12.8. The highest BCUT2D eigenvalue weighted by Gasteiger charge is 2.31. The Bertz CT molecular complexity index is 989. The standard InChI is InChI=1S/C20H18F3N3O2/c21-20(22,23)12-3-6-16(24-10-12)15(9-13-4-8-18(27)25-13)17-7-5-14(11-1-2-11)19(28)26-17/h3,5-7,9-11,13H,1-2,4,8H2,(H,25,27)(H,26,28)/b15-9+/t13-/m1/s1. The van der Waals surface area contributed by atoms with Crippen LogP contribution in [0.4, 0.5) is 13.2 Å². The Hall–Kier alpha value is -2.90. The van der Waals surface area contributed by atoms with Gasteiger partial charge in [0.2, 0.25) is 5.91 Å². The van der Waals surface area contributed by atoms with Gasteiger partial charge in [0.05, 0.1) is 17.0 Å². The number of nitrogens with zero attached hydrogens (tertiary/aromatic N) is 1. The van der Waals surface area contributed by atoms with Gasteiger partial charge in [0, 0.05) is 29.8 Å². The number of alkyl halides is 3. The van der Waals surface area contributed by atoms with E-state index >= 15 is 0 Å². The highest BCUT2D eigenvalue weighted by molar-refractivity contribution is 5.81. The van der Waals surface area contributed by atoms with E-state index < -0.39 is 11.7 Å². The molecular weight excluding hydrogens is 371 g/mol. The van der Waals surface area contributed by atoms with Gasteiger partial charge in [-0.25, -0.2) is 0 Å². The lowest BCUT2D eigenvalue weighted by molar-refractivity contribution is -0.137. The summed E-state index contributed by atoms with van der Waals surface area (Å²) >= 11 is 0. The quantitative estimate of drug-likeness (QED) is 0.842. The number of hydrogen-bond donors (Lipinski definition) is 2. The Morgan fingerprint density at radius 3 is 2.43 bits per heavy atom. The highest BCUT2D eigenvalue weighted by Crippen LogP contribution is 2.38. The first-order valence-corrected chi connectivity index (χ1v) is 9.09. The van der Waals surface area contributed by atoms with E-state index in [4.69, 9.17) is 0 Å². The van der Waals surface area contributed by atoms with E-state index in [0.717, 1.165) is 30.7 Å². The van der Waals surface area contributed by atoms with Crippen molar-refractivity contribution in [3.8, 4) is 0 Å². The third-order valence-electron chi connectivity index (χ3n) is 5.01. The summed E-state index contributed by atoms with van der Waals surface area (Å²) in [6.07, 6.45) is 0.962. The predicted octanol–water partition coefficient (Wildman–Crippen LogP) is 3.38. The van der Waals surface area contributed by atoms with Crippen molar-refractivity contribution < 1.29 is 18.0 Å². The minimum absolute atomic E-state index is 0.0847. The second-order valence-corrected chi connectivity index (χ2v) is 7.15. The number of aromatic amines is 1. The number of rotatable bonds is 4. The fraction of sp³-hybridized carbons (Fsp3) is 0.350. The molecule has 2 fully saturated rings. The Balaban J connectivity index is 1.74. The van der Waals surface area contributed by atoms with Crippen molar-refractivity contribution >= 4 is 11.5 Å². The van der Waals surface area contributed by atoms with Crippen LogP contribution in [0.1, 0.15) is 54.1 Å². The molecule has 0 aromatic carbocycles. The van der Waals surface area contributed by atoms with Crippen LogP contribution in [0.25, 0.3) is 5.57 Å². The molecule has 1 aliphatic carbocycles. The number of carbonyl (C=O) groups is 1. The van der Waals surface area contributed by atoms with Gasteiger partial charge in [-0.05, 0) is 43.4 Å². The lowest BCUT2D eigenvalue weighted by Gasteiger charge is -2.13. The van der Waals surface area contributed by atoms with Crippen molar-refractivity contribution in [2.24, 2.45) is 0 Å². The molecule has 0 radical (unpaired) electrons. The van der Waals surface area contributed by atoms with Crippen molar-refractivity contribution in [2.75, 3.05) is 0 Å². The van der Waals surface area contributed by atoms with Gasteiger partial charge in [-0.1, -0.05) is 12.1 Å². The number of H-pyrrole nitrogens is 1. The lowest BCUT2D eigenvalue weighted by Crippen LogP contribution is -2.24. The molecule has 1 saturated carbocycles. The molecule has 8 heteroatoms. The van der Waals surface area contributed by atoms with E-state index in [-0.39, 0.29) is 23.4 Å². The SMILES string of the molecule is O=C1CC[C@H](/C=C(\c2ccc(C(F)(F)F)cn2)c2ccc(C3CC3)c(=O)[nH]2)N1. The van der Waals surface area contributed by atoms with Gasteiger partial charge in [0.1, 0.15) is 0 Å². The summed E-state index contributed by atoms with van der Waals surface area (Å²) in [4.78, 5) is 30.7. The molecule has 5 nitrogen and oxygen atoms in total. The summed E-state index contributed by atoms with van der Waals surface area (Å²) in [7, 11) is 0. The van der Waals surface area contributed by atoms with Gasteiger partial charge < -0.3 is 10.3 Å². The van der Waals surface area contributed by atoms with Crippen molar-refractivity contribution in [2.45, 2.75) is 43.8 Å². The molecule has 2 aromatic rings. The summed E-state index contributed by atoms with van der Waals surface area (Å²) in [6, 6.07) is 5.48. The average Bonchev–Trinajstić information content (AvgIpc) is 3.40. The van der Waals surface area contributed by atoms with Gasteiger partial charge in [0.15, 0.2) is 0 Å². The summed E-state index contributed by atoms with van der Waals surface area (Å²) in [5.74, 6) is 0.196. The second-order valence-electron chi connectivity index (χ2n) is 7.15. The molecule has 4 rings (SSSR count). The Morgan fingerprint density at radius 2 is 1.89 bits per heavy atom. The Morgan fingerprint density at radius 1 is 1.11 bits per heavy atom. The van der Waals surface area contributed by atoms with Crippen molar-refractivity contribution in [3.63, 3.8) is 0 Å². The molecule has 1 aliphatic heterocycles. The smallest absolute Gasteiger partial charge is 0.350 e. The van der Waals surface area contributed by atoms with Crippen LogP contribution in [0, 0.1) is 0 Å². The summed E-state index contributed by atoms with van der Waals surface area (Å²) in [6.45, 7) is 0. The second kappa shape index (κ2) is 6.92. The van der Waals surface area contributed by atoms with Gasteiger partial charge in [-0.15, -0.1) is 0 Å². The number of amides is 1. The maximum Gasteiger partial charge on any atom is 0.417 e. The van der Waals surface area contributed by atoms with Crippen LogP contribution < -0.4 is 10.9 Å². The van der Waals surface area contributed by atoms with E-state index in [1.54, 1.807) is 18.2 Å². The van der Waals surface area contributed by atoms with Gasteiger partial charge in [-0.2, -0.15) is 13.2 Å². The van der Waals surface area contributed by atoms with Crippen LogP contribution in [0.3, 0.4) is 0 Å². The van der Waals surface area contributed by atoms with E-state index in [9.17, 15) is 22.8 Å². The molecule has 2 aromatic heterocycles. The number of hydrogen-bond acceptors (Lipinski definition) is 3. The zero-order chi connectivity index (χ0) is 19.9. The molecule has 0 spiro atoms. The maximum absolute atomic E-state index is 12.8. The normalized spacial score (nSPS) is 20.3. The summed E-state index contributed by atoms with van der Waals surface area (Å²) in [5.41, 5.74) is 0.917. The first kappa shape index (κ1) is 18.5. The Labute approximate surface area is 158 Å². The first-order valence-electron chi connectivity index (χ1n) is 9.09. The number of nitrogens with one attached hydrogen (secondary N) is 2. The zero-order valence-corrected chi connectivity index (χ0v) is 14.8. The lowest BCUT2D eigenvalue weighted by atomic mass is 10.0. The molecule has 1 amide bonds.